The summed E-state index contributed by atoms with van der Waals surface area (Å²) in [6, 6.07) is 4.27. The van der Waals surface area contributed by atoms with Gasteiger partial charge in [0.15, 0.2) is 0 Å². The average molecular weight is 279 g/mol. The molecule has 1 aromatic carbocycles. The van der Waals surface area contributed by atoms with Crippen LogP contribution in [0.3, 0.4) is 0 Å². The van der Waals surface area contributed by atoms with E-state index >= 15 is 0 Å². The molecule has 0 saturated carbocycles. The zero-order valence-electron chi connectivity index (χ0n) is 10.4. The number of nitrogens with one attached hydrogen (secondary N) is 1. The number of amides is 1. The van der Waals surface area contributed by atoms with Crippen molar-refractivity contribution in [2.24, 2.45) is 5.10 Å². The van der Waals surface area contributed by atoms with Crippen LogP contribution in [0.25, 0.3) is 0 Å². The van der Waals surface area contributed by atoms with Gasteiger partial charge in [-0.1, -0.05) is 0 Å². The van der Waals surface area contributed by atoms with E-state index in [2.05, 4.69) is 10.5 Å². The normalized spacial score (nSPS) is 16.6. The molecule has 1 N–H and O–H groups in total. The molecule has 1 fully saturated rings. The van der Waals surface area contributed by atoms with Gasteiger partial charge in [0.05, 0.1) is 4.92 Å². The van der Waals surface area contributed by atoms with E-state index in [0.717, 1.165) is 23.6 Å². The van der Waals surface area contributed by atoms with Crippen molar-refractivity contribution in [3.05, 3.63) is 39.4 Å². The van der Waals surface area contributed by atoms with Crippen molar-refractivity contribution in [3.63, 3.8) is 0 Å². The molecule has 1 aliphatic heterocycles. The van der Waals surface area contributed by atoms with Crippen LogP contribution in [0.5, 0.6) is 0 Å². The molecule has 6 nitrogen and oxygen atoms in total. The fraction of sp³-hybridized carbons (Fsp3) is 0.333. The third-order valence-corrected chi connectivity index (χ3v) is 3.81. The number of rotatable bonds is 3. The van der Waals surface area contributed by atoms with Gasteiger partial charge < -0.3 is 0 Å². The van der Waals surface area contributed by atoms with Crippen molar-refractivity contribution < 1.29 is 9.72 Å². The Balaban J connectivity index is 2.09. The summed E-state index contributed by atoms with van der Waals surface area (Å²) in [5, 5.41) is 14.7. The van der Waals surface area contributed by atoms with Crippen LogP contribution in [-0.2, 0) is 0 Å². The second-order valence-corrected chi connectivity index (χ2v) is 5.29. The molecule has 1 amide bonds. The van der Waals surface area contributed by atoms with Gasteiger partial charge >= 0.3 is 0 Å². The standard InChI is InChI=1S/C12H13N3O3S/c1-8-6-9(2-3-11(8)15(17)18)12(16)14-13-10-4-5-19-7-10/h2-3,6H,4-5,7H2,1H3,(H,14,16)/b13-10-. The minimum absolute atomic E-state index is 0.00931. The summed E-state index contributed by atoms with van der Waals surface area (Å²) in [5.74, 6) is 1.53. The Hall–Kier alpha value is -1.89. The van der Waals surface area contributed by atoms with Gasteiger partial charge in [0.2, 0.25) is 0 Å². The van der Waals surface area contributed by atoms with Crippen LogP contribution in [0.15, 0.2) is 23.3 Å². The first-order valence-electron chi connectivity index (χ1n) is 5.76. The Morgan fingerprint density at radius 1 is 1.53 bits per heavy atom. The summed E-state index contributed by atoms with van der Waals surface area (Å²) in [6.07, 6.45) is 0.893. The molecule has 1 saturated heterocycles. The Morgan fingerprint density at radius 3 is 2.89 bits per heavy atom. The highest BCUT2D eigenvalue weighted by Crippen LogP contribution is 2.19. The molecule has 0 aromatic heterocycles. The zero-order valence-corrected chi connectivity index (χ0v) is 11.2. The fourth-order valence-corrected chi connectivity index (χ4v) is 2.71. The number of hydrazone groups is 1. The number of aryl methyl sites for hydroxylation is 1. The van der Waals surface area contributed by atoms with Gasteiger partial charge in [-0.05, 0) is 31.2 Å². The van der Waals surface area contributed by atoms with E-state index in [-0.39, 0.29) is 11.6 Å². The third kappa shape index (κ3) is 3.31. The lowest BCUT2D eigenvalue weighted by Crippen LogP contribution is -2.19. The van der Waals surface area contributed by atoms with E-state index in [0.29, 0.717) is 11.1 Å². The van der Waals surface area contributed by atoms with E-state index in [4.69, 9.17) is 0 Å². The smallest absolute Gasteiger partial charge is 0.267 e. The van der Waals surface area contributed by atoms with Gasteiger partial charge in [0.25, 0.3) is 11.6 Å². The first kappa shape index (κ1) is 13.5. The summed E-state index contributed by atoms with van der Waals surface area (Å²) in [4.78, 5) is 22.1. The number of carbonyl (C=O) groups excluding carboxylic acids is 1. The Bertz CT molecular complexity index is 549. The molecule has 1 heterocycles. The summed E-state index contributed by atoms with van der Waals surface area (Å²) in [5.41, 5.74) is 4.29. The summed E-state index contributed by atoms with van der Waals surface area (Å²) >= 11 is 1.78. The van der Waals surface area contributed by atoms with E-state index in [1.807, 2.05) is 0 Å². The molecule has 0 aliphatic carbocycles. The van der Waals surface area contributed by atoms with Crippen molar-refractivity contribution in [2.45, 2.75) is 13.3 Å². The number of benzene rings is 1. The largest absolute Gasteiger partial charge is 0.272 e. The van der Waals surface area contributed by atoms with Crippen LogP contribution in [0.4, 0.5) is 5.69 Å². The van der Waals surface area contributed by atoms with Crippen molar-refractivity contribution in [3.8, 4) is 0 Å². The Labute approximate surface area is 114 Å². The predicted octanol–water partition coefficient (Wildman–Crippen LogP) is 2.13. The summed E-state index contributed by atoms with van der Waals surface area (Å²) in [6.45, 7) is 1.61. The van der Waals surface area contributed by atoms with E-state index in [1.54, 1.807) is 18.7 Å². The highest BCUT2D eigenvalue weighted by atomic mass is 32.2. The van der Waals surface area contributed by atoms with Crippen LogP contribution in [0.1, 0.15) is 22.3 Å². The molecular weight excluding hydrogens is 266 g/mol. The number of nitrogens with zero attached hydrogens (tertiary/aromatic N) is 2. The highest BCUT2D eigenvalue weighted by molar-refractivity contribution is 8.00. The molecule has 1 aromatic rings. The number of hydrogen-bond acceptors (Lipinski definition) is 5. The van der Waals surface area contributed by atoms with E-state index in [1.165, 1.54) is 18.2 Å². The van der Waals surface area contributed by atoms with Crippen molar-refractivity contribution in [1.29, 1.82) is 0 Å². The highest BCUT2D eigenvalue weighted by Gasteiger charge is 2.14. The van der Waals surface area contributed by atoms with Gasteiger partial charge in [-0.3, -0.25) is 14.9 Å². The Kier molecular flexibility index (Phi) is 4.16. The average Bonchev–Trinajstić information content (AvgIpc) is 2.88. The molecule has 0 bridgehead atoms. The number of nitro groups is 1. The molecule has 0 unspecified atom stereocenters. The van der Waals surface area contributed by atoms with Gasteiger partial charge in [-0.15, -0.1) is 0 Å². The quantitative estimate of drug-likeness (QED) is 0.678. The van der Waals surface area contributed by atoms with Crippen LogP contribution >= 0.6 is 11.8 Å². The van der Waals surface area contributed by atoms with Crippen LogP contribution in [-0.4, -0.2) is 28.0 Å². The first-order valence-corrected chi connectivity index (χ1v) is 6.92. The number of nitro benzene ring substituents is 1. The van der Waals surface area contributed by atoms with Gasteiger partial charge in [0, 0.05) is 28.7 Å². The lowest BCUT2D eigenvalue weighted by molar-refractivity contribution is -0.385. The summed E-state index contributed by atoms with van der Waals surface area (Å²) < 4.78 is 0. The summed E-state index contributed by atoms with van der Waals surface area (Å²) in [7, 11) is 0. The lowest BCUT2D eigenvalue weighted by atomic mass is 10.1. The first-order chi connectivity index (χ1) is 9.08. The second-order valence-electron chi connectivity index (χ2n) is 4.18. The van der Waals surface area contributed by atoms with Gasteiger partial charge in [-0.25, -0.2) is 5.43 Å². The molecular formula is C12H13N3O3S. The zero-order chi connectivity index (χ0) is 13.8. The second kappa shape index (κ2) is 5.83. The Morgan fingerprint density at radius 2 is 2.32 bits per heavy atom. The van der Waals surface area contributed by atoms with Crippen LogP contribution in [0.2, 0.25) is 0 Å². The molecule has 0 atom stereocenters. The SMILES string of the molecule is Cc1cc(C(=O)N/N=C2/CCSC2)ccc1[N+](=O)[O-]. The molecule has 0 radical (unpaired) electrons. The van der Waals surface area contributed by atoms with Crippen molar-refractivity contribution in [1.82, 2.24) is 5.43 Å². The van der Waals surface area contributed by atoms with E-state index < -0.39 is 4.92 Å². The molecule has 100 valence electrons. The number of thioether (sulfide) groups is 1. The van der Waals surface area contributed by atoms with Crippen molar-refractivity contribution >= 4 is 29.1 Å². The number of carbonyl (C=O) groups is 1. The van der Waals surface area contributed by atoms with E-state index in [9.17, 15) is 14.9 Å². The number of hydrogen-bond donors (Lipinski definition) is 1. The lowest BCUT2D eigenvalue weighted by Gasteiger charge is -2.03. The molecule has 1 aliphatic rings. The monoisotopic (exact) mass is 279 g/mol. The van der Waals surface area contributed by atoms with Crippen LogP contribution in [0, 0.1) is 17.0 Å². The van der Waals surface area contributed by atoms with Crippen LogP contribution < -0.4 is 5.43 Å². The van der Waals surface area contributed by atoms with Crippen molar-refractivity contribution in [2.75, 3.05) is 11.5 Å². The topological polar surface area (TPSA) is 84.6 Å². The molecule has 19 heavy (non-hydrogen) atoms. The minimum atomic E-state index is -0.465. The molecule has 2 rings (SSSR count). The van der Waals surface area contributed by atoms with Gasteiger partial charge in [0.1, 0.15) is 0 Å². The third-order valence-electron chi connectivity index (χ3n) is 2.77. The van der Waals surface area contributed by atoms with Gasteiger partial charge in [-0.2, -0.15) is 16.9 Å². The maximum absolute atomic E-state index is 11.8. The maximum Gasteiger partial charge on any atom is 0.272 e. The fourth-order valence-electron chi connectivity index (χ4n) is 1.74. The predicted molar refractivity (Wildman–Crippen MR) is 74.7 cm³/mol. The molecule has 7 heteroatoms. The molecule has 0 spiro atoms. The minimum Gasteiger partial charge on any atom is -0.267 e. The maximum atomic E-state index is 11.8.